The molecule has 0 heterocycles. The number of nitriles is 1. The van der Waals surface area contributed by atoms with E-state index in [1.807, 2.05) is 18.2 Å². The fraction of sp³-hybridized carbons (Fsp3) is 0.133. The minimum absolute atomic E-state index is 0.00691. The van der Waals surface area contributed by atoms with Gasteiger partial charge in [-0.05, 0) is 30.2 Å². The maximum absolute atomic E-state index is 13.3. The molecule has 0 fully saturated rings. The predicted octanol–water partition coefficient (Wildman–Crippen LogP) is 3.02. The molecule has 96 valence electrons. The molecule has 3 nitrogen and oxygen atoms in total. The lowest BCUT2D eigenvalue weighted by atomic mass is 10.1. The van der Waals surface area contributed by atoms with Crippen molar-refractivity contribution in [2.75, 3.05) is 6.61 Å². The molecule has 0 saturated carbocycles. The third-order valence-electron chi connectivity index (χ3n) is 2.58. The first-order valence-corrected chi connectivity index (χ1v) is 5.80. The van der Waals surface area contributed by atoms with Gasteiger partial charge in [-0.3, -0.25) is 0 Å². The molecule has 2 aromatic carbocycles. The Morgan fingerprint density at radius 3 is 2.74 bits per heavy atom. The van der Waals surface area contributed by atoms with Crippen molar-refractivity contribution in [2.24, 2.45) is 0 Å². The van der Waals surface area contributed by atoms with Crippen LogP contribution >= 0.6 is 0 Å². The van der Waals surface area contributed by atoms with E-state index in [1.165, 1.54) is 12.1 Å². The average Bonchev–Trinajstić information content (AvgIpc) is 2.40. The molecular formula is C15H12FNO2. The zero-order valence-electron chi connectivity index (χ0n) is 10.1. The van der Waals surface area contributed by atoms with E-state index < -0.39 is 5.82 Å². The third kappa shape index (κ3) is 3.30. The summed E-state index contributed by atoms with van der Waals surface area (Å²) < 4.78 is 18.9. The number of hydrogen-bond acceptors (Lipinski definition) is 3. The van der Waals surface area contributed by atoms with Crippen molar-refractivity contribution < 1.29 is 14.2 Å². The van der Waals surface area contributed by atoms with E-state index in [9.17, 15) is 4.39 Å². The fourth-order valence-corrected chi connectivity index (χ4v) is 1.74. The van der Waals surface area contributed by atoms with Gasteiger partial charge in [0, 0.05) is 12.7 Å². The van der Waals surface area contributed by atoms with Crippen molar-refractivity contribution in [3.05, 3.63) is 59.4 Å². The van der Waals surface area contributed by atoms with Gasteiger partial charge >= 0.3 is 0 Å². The molecule has 0 atom stereocenters. The summed E-state index contributed by atoms with van der Waals surface area (Å²) in [7, 11) is 0. The van der Waals surface area contributed by atoms with Crippen molar-refractivity contribution in [2.45, 2.75) is 6.42 Å². The van der Waals surface area contributed by atoms with E-state index in [4.69, 9.17) is 15.1 Å². The molecule has 0 radical (unpaired) electrons. The van der Waals surface area contributed by atoms with Crippen molar-refractivity contribution in [1.82, 2.24) is 0 Å². The second-order valence-corrected chi connectivity index (χ2v) is 3.97. The van der Waals surface area contributed by atoms with Gasteiger partial charge in [0.2, 0.25) is 0 Å². The number of para-hydroxylation sites is 1. The lowest BCUT2D eigenvalue weighted by Crippen LogP contribution is -1.95. The van der Waals surface area contributed by atoms with E-state index in [2.05, 4.69) is 0 Å². The van der Waals surface area contributed by atoms with Crippen molar-refractivity contribution in [1.29, 1.82) is 5.26 Å². The van der Waals surface area contributed by atoms with Gasteiger partial charge in [0.25, 0.3) is 0 Å². The van der Waals surface area contributed by atoms with Crippen LogP contribution in [0.25, 0.3) is 0 Å². The van der Waals surface area contributed by atoms with Crippen molar-refractivity contribution in [3.63, 3.8) is 0 Å². The van der Waals surface area contributed by atoms with Crippen LogP contribution in [0.5, 0.6) is 11.5 Å². The normalized spacial score (nSPS) is 9.95. The van der Waals surface area contributed by atoms with Crippen LogP contribution in [-0.4, -0.2) is 11.7 Å². The Hall–Kier alpha value is -2.38. The zero-order valence-corrected chi connectivity index (χ0v) is 10.1. The lowest BCUT2D eigenvalue weighted by molar-refractivity contribution is 0.298. The van der Waals surface area contributed by atoms with Gasteiger partial charge in [0.1, 0.15) is 17.3 Å². The molecule has 2 aromatic rings. The highest BCUT2D eigenvalue weighted by atomic mass is 19.1. The van der Waals surface area contributed by atoms with Crippen molar-refractivity contribution >= 4 is 0 Å². The Kier molecular flexibility index (Phi) is 4.11. The van der Waals surface area contributed by atoms with E-state index in [-0.39, 0.29) is 17.9 Å². The van der Waals surface area contributed by atoms with E-state index in [0.29, 0.717) is 12.2 Å². The standard InChI is InChI=1S/C15H12FNO2/c16-13-7-11(10-17)8-14(9-13)19-15-4-2-1-3-12(15)5-6-18/h1-4,7-9,18H,5-6H2. The minimum Gasteiger partial charge on any atom is -0.457 e. The summed E-state index contributed by atoms with van der Waals surface area (Å²) in [5.41, 5.74) is 1.03. The SMILES string of the molecule is N#Cc1cc(F)cc(Oc2ccccc2CCO)c1. The maximum Gasteiger partial charge on any atom is 0.131 e. The number of nitrogens with zero attached hydrogens (tertiary/aromatic N) is 1. The van der Waals surface area contributed by atoms with Gasteiger partial charge in [-0.15, -0.1) is 0 Å². The van der Waals surface area contributed by atoms with Gasteiger partial charge in [-0.25, -0.2) is 4.39 Å². The summed E-state index contributed by atoms with van der Waals surface area (Å²) in [5.74, 6) is 0.293. The molecule has 0 bridgehead atoms. The highest BCUT2D eigenvalue weighted by Gasteiger charge is 2.06. The Labute approximate surface area is 110 Å². The summed E-state index contributed by atoms with van der Waals surface area (Å²) in [6.45, 7) is 0.00691. The zero-order chi connectivity index (χ0) is 13.7. The Morgan fingerprint density at radius 1 is 1.21 bits per heavy atom. The molecule has 1 N–H and O–H groups in total. The van der Waals surface area contributed by atoms with Crippen LogP contribution in [0.15, 0.2) is 42.5 Å². The molecule has 0 aromatic heterocycles. The summed E-state index contributed by atoms with van der Waals surface area (Å²) in [6.07, 6.45) is 0.455. The van der Waals surface area contributed by atoms with Gasteiger partial charge in [-0.2, -0.15) is 5.26 Å². The van der Waals surface area contributed by atoms with E-state index in [0.717, 1.165) is 11.6 Å². The van der Waals surface area contributed by atoms with Crippen LogP contribution in [0.1, 0.15) is 11.1 Å². The molecular weight excluding hydrogens is 245 g/mol. The number of aliphatic hydroxyl groups excluding tert-OH is 1. The molecule has 4 heteroatoms. The van der Waals surface area contributed by atoms with Crippen LogP contribution < -0.4 is 4.74 Å². The number of halogens is 1. The predicted molar refractivity (Wildman–Crippen MR) is 68.4 cm³/mol. The minimum atomic E-state index is -0.520. The highest BCUT2D eigenvalue weighted by molar-refractivity contribution is 5.42. The van der Waals surface area contributed by atoms with Gasteiger partial charge in [0.05, 0.1) is 11.6 Å². The fourth-order valence-electron chi connectivity index (χ4n) is 1.74. The maximum atomic E-state index is 13.3. The van der Waals surface area contributed by atoms with Crippen LogP contribution in [-0.2, 0) is 6.42 Å². The largest absolute Gasteiger partial charge is 0.457 e. The number of benzene rings is 2. The second kappa shape index (κ2) is 5.98. The molecule has 0 saturated heterocycles. The molecule has 0 aliphatic carbocycles. The van der Waals surface area contributed by atoms with Crippen LogP contribution in [0.4, 0.5) is 4.39 Å². The van der Waals surface area contributed by atoms with Crippen LogP contribution in [0.3, 0.4) is 0 Å². The number of hydrogen-bond donors (Lipinski definition) is 1. The molecule has 0 amide bonds. The quantitative estimate of drug-likeness (QED) is 0.915. The first-order chi connectivity index (χ1) is 9.22. The summed E-state index contributed by atoms with van der Waals surface area (Å²) in [6, 6.07) is 12.9. The van der Waals surface area contributed by atoms with Crippen molar-refractivity contribution in [3.8, 4) is 17.6 Å². The highest BCUT2D eigenvalue weighted by Crippen LogP contribution is 2.26. The number of aliphatic hydroxyl groups is 1. The smallest absolute Gasteiger partial charge is 0.131 e. The molecule has 0 aliphatic heterocycles. The number of ether oxygens (including phenoxy) is 1. The van der Waals surface area contributed by atoms with Gasteiger partial charge in [-0.1, -0.05) is 18.2 Å². The molecule has 2 rings (SSSR count). The number of rotatable bonds is 4. The summed E-state index contributed by atoms with van der Waals surface area (Å²) in [4.78, 5) is 0. The van der Waals surface area contributed by atoms with Crippen LogP contribution in [0, 0.1) is 17.1 Å². The summed E-state index contributed by atoms with van der Waals surface area (Å²) in [5, 5.41) is 17.8. The van der Waals surface area contributed by atoms with Crippen LogP contribution in [0.2, 0.25) is 0 Å². The van der Waals surface area contributed by atoms with E-state index >= 15 is 0 Å². The molecule has 0 aliphatic rings. The molecule has 19 heavy (non-hydrogen) atoms. The first-order valence-electron chi connectivity index (χ1n) is 5.80. The topological polar surface area (TPSA) is 53.2 Å². The Bertz CT molecular complexity index is 620. The second-order valence-electron chi connectivity index (χ2n) is 3.97. The first kappa shape index (κ1) is 13.1. The molecule has 0 unspecified atom stereocenters. The third-order valence-corrected chi connectivity index (χ3v) is 2.58. The van der Waals surface area contributed by atoms with Gasteiger partial charge < -0.3 is 9.84 Å². The Balaban J connectivity index is 2.31. The van der Waals surface area contributed by atoms with Gasteiger partial charge in [0.15, 0.2) is 0 Å². The van der Waals surface area contributed by atoms with E-state index in [1.54, 1.807) is 12.1 Å². The summed E-state index contributed by atoms with van der Waals surface area (Å²) >= 11 is 0. The Morgan fingerprint density at radius 2 is 2.00 bits per heavy atom. The lowest BCUT2D eigenvalue weighted by Gasteiger charge is -2.10. The monoisotopic (exact) mass is 257 g/mol. The average molecular weight is 257 g/mol. The molecule has 0 spiro atoms.